The standard InChI is InChI=1S/C18H26N6O/c1-15-6-8-24(21-15)18-5-4-17(19-20-18)23-7-2-3-16(14-23)13-22-9-11-25-12-10-22/h4-6,8,16H,2-3,7,9-14H2,1H3/t16-/m1/s1. The normalized spacial score (nSPS) is 22.3. The number of nitrogens with zero attached hydrogens (tertiary/aromatic N) is 6. The molecule has 0 spiro atoms. The van der Waals surface area contributed by atoms with Crippen LogP contribution in [0.1, 0.15) is 18.5 Å². The summed E-state index contributed by atoms with van der Waals surface area (Å²) < 4.78 is 7.22. The molecule has 2 aliphatic rings. The average Bonchev–Trinajstić information content (AvgIpc) is 3.09. The summed E-state index contributed by atoms with van der Waals surface area (Å²) in [6.45, 7) is 9.13. The van der Waals surface area contributed by atoms with E-state index >= 15 is 0 Å². The van der Waals surface area contributed by atoms with Gasteiger partial charge in [0.1, 0.15) is 0 Å². The molecule has 4 rings (SSSR count). The first-order valence-electron chi connectivity index (χ1n) is 9.19. The van der Waals surface area contributed by atoms with Crippen LogP contribution >= 0.6 is 0 Å². The van der Waals surface area contributed by atoms with E-state index in [1.54, 1.807) is 4.68 Å². The second-order valence-electron chi connectivity index (χ2n) is 7.02. The average molecular weight is 342 g/mol. The maximum atomic E-state index is 5.45. The highest BCUT2D eigenvalue weighted by Crippen LogP contribution is 2.22. The van der Waals surface area contributed by atoms with E-state index < -0.39 is 0 Å². The van der Waals surface area contributed by atoms with Gasteiger partial charge in [0.25, 0.3) is 0 Å². The minimum absolute atomic E-state index is 0.696. The van der Waals surface area contributed by atoms with Crippen molar-refractivity contribution in [3.8, 4) is 5.82 Å². The van der Waals surface area contributed by atoms with Gasteiger partial charge in [-0.3, -0.25) is 4.90 Å². The molecule has 2 aromatic heterocycles. The minimum Gasteiger partial charge on any atom is -0.379 e. The van der Waals surface area contributed by atoms with Crippen LogP contribution in [0.15, 0.2) is 24.4 Å². The lowest BCUT2D eigenvalue weighted by molar-refractivity contribution is 0.0296. The summed E-state index contributed by atoms with van der Waals surface area (Å²) in [5.41, 5.74) is 0.980. The first-order chi connectivity index (χ1) is 12.3. The molecule has 25 heavy (non-hydrogen) atoms. The molecule has 2 aromatic rings. The summed E-state index contributed by atoms with van der Waals surface area (Å²) >= 11 is 0. The van der Waals surface area contributed by atoms with Gasteiger partial charge in [-0.15, -0.1) is 10.2 Å². The smallest absolute Gasteiger partial charge is 0.175 e. The molecule has 0 bridgehead atoms. The highest BCUT2D eigenvalue weighted by atomic mass is 16.5. The van der Waals surface area contributed by atoms with Crippen molar-refractivity contribution in [1.82, 2.24) is 24.9 Å². The molecule has 0 saturated carbocycles. The Bertz CT molecular complexity index is 679. The Balaban J connectivity index is 1.39. The number of aryl methyl sites for hydroxylation is 1. The molecule has 0 amide bonds. The Morgan fingerprint density at radius 2 is 1.88 bits per heavy atom. The molecule has 7 nitrogen and oxygen atoms in total. The molecule has 4 heterocycles. The summed E-state index contributed by atoms with van der Waals surface area (Å²) in [5.74, 6) is 2.43. The number of hydrogen-bond acceptors (Lipinski definition) is 6. The third-order valence-electron chi connectivity index (χ3n) is 5.06. The minimum atomic E-state index is 0.696. The van der Waals surface area contributed by atoms with Gasteiger partial charge in [0, 0.05) is 38.9 Å². The van der Waals surface area contributed by atoms with Crippen LogP contribution in [0.2, 0.25) is 0 Å². The maximum Gasteiger partial charge on any atom is 0.175 e. The quantitative estimate of drug-likeness (QED) is 0.840. The molecular formula is C18H26N6O. The molecule has 2 saturated heterocycles. The summed E-state index contributed by atoms with van der Waals surface area (Å²) in [5, 5.41) is 13.2. The molecule has 0 radical (unpaired) electrons. The van der Waals surface area contributed by atoms with Crippen LogP contribution in [0.4, 0.5) is 5.82 Å². The molecule has 134 valence electrons. The van der Waals surface area contributed by atoms with Crippen molar-refractivity contribution in [3.63, 3.8) is 0 Å². The van der Waals surface area contributed by atoms with E-state index in [-0.39, 0.29) is 0 Å². The largest absolute Gasteiger partial charge is 0.379 e. The fourth-order valence-electron chi connectivity index (χ4n) is 3.72. The summed E-state index contributed by atoms with van der Waals surface area (Å²) in [6.07, 6.45) is 4.43. The molecule has 0 aromatic carbocycles. The van der Waals surface area contributed by atoms with Crippen molar-refractivity contribution in [1.29, 1.82) is 0 Å². The molecule has 7 heteroatoms. The predicted octanol–water partition coefficient (Wildman–Crippen LogP) is 1.52. The SMILES string of the molecule is Cc1ccn(-c2ccc(N3CCC[C@H](CN4CCOCC4)C3)nn2)n1. The Labute approximate surface area is 148 Å². The zero-order chi connectivity index (χ0) is 17.1. The van der Waals surface area contributed by atoms with E-state index in [9.17, 15) is 0 Å². The van der Waals surface area contributed by atoms with E-state index in [0.29, 0.717) is 5.92 Å². The number of aromatic nitrogens is 4. The Kier molecular flexibility index (Phi) is 4.94. The molecule has 2 fully saturated rings. The summed E-state index contributed by atoms with van der Waals surface area (Å²) in [6, 6.07) is 6.04. The second-order valence-corrected chi connectivity index (χ2v) is 7.02. The number of morpholine rings is 1. The van der Waals surface area contributed by atoms with Crippen LogP contribution in [0, 0.1) is 12.8 Å². The Morgan fingerprint density at radius 1 is 1.08 bits per heavy atom. The van der Waals surface area contributed by atoms with Crippen LogP contribution in [0.3, 0.4) is 0 Å². The van der Waals surface area contributed by atoms with Crippen molar-refractivity contribution < 1.29 is 4.74 Å². The van der Waals surface area contributed by atoms with Gasteiger partial charge in [0.15, 0.2) is 11.6 Å². The lowest BCUT2D eigenvalue weighted by atomic mass is 9.97. The number of ether oxygens (including phenoxy) is 1. The van der Waals surface area contributed by atoms with Crippen molar-refractivity contribution in [2.24, 2.45) is 5.92 Å². The maximum absolute atomic E-state index is 5.45. The number of rotatable bonds is 4. The van der Waals surface area contributed by atoms with Gasteiger partial charge in [0.05, 0.1) is 18.9 Å². The van der Waals surface area contributed by atoms with E-state index in [0.717, 1.165) is 63.3 Å². The van der Waals surface area contributed by atoms with Crippen molar-refractivity contribution in [2.45, 2.75) is 19.8 Å². The van der Waals surface area contributed by atoms with Crippen LogP contribution in [-0.4, -0.2) is 70.8 Å². The third-order valence-corrected chi connectivity index (χ3v) is 5.06. The lowest BCUT2D eigenvalue weighted by Gasteiger charge is -2.37. The summed E-state index contributed by atoms with van der Waals surface area (Å²) in [4.78, 5) is 4.91. The molecule has 0 unspecified atom stereocenters. The van der Waals surface area contributed by atoms with E-state index in [1.807, 2.05) is 25.3 Å². The van der Waals surface area contributed by atoms with Gasteiger partial charge >= 0.3 is 0 Å². The predicted molar refractivity (Wildman–Crippen MR) is 96.1 cm³/mol. The highest BCUT2D eigenvalue weighted by Gasteiger charge is 2.24. The molecule has 2 aliphatic heterocycles. The van der Waals surface area contributed by atoms with Crippen LogP contribution in [0.5, 0.6) is 0 Å². The third kappa shape index (κ3) is 3.99. The van der Waals surface area contributed by atoms with Crippen LogP contribution in [0.25, 0.3) is 5.82 Å². The number of hydrogen-bond donors (Lipinski definition) is 0. The first-order valence-corrected chi connectivity index (χ1v) is 9.19. The van der Waals surface area contributed by atoms with Crippen molar-refractivity contribution in [2.75, 3.05) is 50.8 Å². The zero-order valence-corrected chi connectivity index (χ0v) is 14.8. The monoisotopic (exact) mass is 342 g/mol. The van der Waals surface area contributed by atoms with Gasteiger partial charge in [-0.1, -0.05) is 0 Å². The fraction of sp³-hybridized carbons (Fsp3) is 0.611. The molecule has 0 aliphatic carbocycles. The van der Waals surface area contributed by atoms with Gasteiger partial charge in [-0.05, 0) is 43.9 Å². The fourth-order valence-corrected chi connectivity index (χ4v) is 3.72. The topological polar surface area (TPSA) is 59.3 Å². The van der Waals surface area contributed by atoms with Gasteiger partial charge < -0.3 is 9.64 Å². The highest BCUT2D eigenvalue weighted by molar-refractivity contribution is 5.40. The van der Waals surface area contributed by atoms with Crippen LogP contribution in [-0.2, 0) is 4.74 Å². The van der Waals surface area contributed by atoms with Gasteiger partial charge in [-0.2, -0.15) is 5.10 Å². The molecule has 0 N–H and O–H groups in total. The van der Waals surface area contributed by atoms with Gasteiger partial charge in [-0.25, -0.2) is 4.68 Å². The van der Waals surface area contributed by atoms with Crippen LogP contribution < -0.4 is 4.90 Å². The molecule has 1 atom stereocenters. The Morgan fingerprint density at radius 3 is 2.60 bits per heavy atom. The van der Waals surface area contributed by atoms with Crippen molar-refractivity contribution >= 4 is 5.82 Å². The first kappa shape index (κ1) is 16.5. The van der Waals surface area contributed by atoms with Gasteiger partial charge in [0.2, 0.25) is 0 Å². The van der Waals surface area contributed by atoms with E-state index in [1.165, 1.54) is 12.8 Å². The van der Waals surface area contributed by atoms with E-state index in [4.69, 9.17) is 4.74 Å². The lowest BCUT2D eigenvalue weighted by Crippen LogP contribution is -2.44. The second kappa shape index (κ2) is 7.49. The zero-order valence-electron chi connectivity index (χ0n) is 14.8. The van der Waals surface area contributed by atoms with E-state index in [2.05, 4.69) is 31.2 Å². The number of anilines is 1. The van der Waals surface area contributed by atoms with Crippen molar-refractivity contribution in [3.05, 3.63) is 30.1 Å². The molecular weight excluding hydrogens is 316 g/mol. The summed E-state index contributed by atoms with van der Waals surface area (Å²) in [7, 11) is 0. The number of piperidine rings is 1. The Hall–Kier alpha value is -1.99.